The van der Waals surface area contributed by atoms with Crippen LogP contribution in [-0.2, 0) is 15.8 Å². The van der Waals surface area contributed by atoms with Gasteiger partial charge in [-0.05, 0) is 17.7 Å². The zero-order valence-electron chi connectivity index (χ0n) is 7.90. The maximum absolute atomic E-state index is 12.5. The topological polar surface area (TPSA) is 46.2 Å². The van der Waals surface area contributed by atoms with Crippen LogP contribution in [0.1, 0.15) is 5.56 Å². The van der Waals surface area contributed by atoms with E-state index in [9.17, 15) is 12.8 Å². The van der Waals surface area contributed by atoms with Crippen LogP contribution in [0.3, 0.4) is 0 Å². The van der Waals surface area contributed by atoms with Gasteiger partial charge in [0.15, 0.2) is 0 Å². The number of nitrogens with one attached hydrogen (secondary N) is 1. The summed E-state index contributed by atoms with van der Waals surface area (Å²) in [6, 6.07) is 5.28. The Morgan fingerprint density at radius 3 is 2.53 bits per heavy atom. The fourth-order valence-corrected chi connectivity index (χ4v) is 1.95. The molecule has 0 saturated heterocycles. The van der Waals surface area contributed by atoms with Gasteiger partial charge < -0.3 is 0 Å². The molecule has 0 aromatic heterocycles. The van der Waals surface area contributed by atoms with Crippen molar-refractivity contribution in [1.82, 2.24) is 4.72 Å². The van der Waals surface area contributed by atoms with E-state index < -0.39 is 15.8 Å². The molecule has 80 valence electrons. The zero-order valence-corrected chi connectivity index (χ0v) is 8.72. The Kier molecular flexibility index (Phi) is 3.66. The van der Waals surface area contributed by atoms with Gasteiger partial charge in [0.1, 0.15) is 5.82 Å². The average Bonchev–Trinajstić information content (AvgIpc) is 2.18. The lowest BCUT2D eigenvalue weighted by atomic mass is 10.2. The summed E-state index contributed by atoms with van der Waals surface area (Å²) in [5.74, 6) is -0.596. The van der Waals surface area contributed by atoms with Crippen molar-refractivity contribution < 1.29 is 12.8 Å². The van der Waals surface area contributed by atoms with Crippen molar-refractivity contribution in [3.63, 3.8) is 0 Å². The van der Waals surface area contributed by atoms with Gasteiger partial charge in [-0.1, -0.05) is 18.7 Å². The molecule has 0 unspecified atom stereocenters. The maximum atomic E-state index is 12.5. The van der Waals surface area contributed by atoms with Crippen molar-refractivity contribution in [2.24, 2.45) is 0 Å². The Morgan fingerprint density at radius 1 is 1.40 bits per heavy atom. The molecule has 0 atom stereocenters. The van der Waals surface area contributed by atoms with E-state index >= 15 is 0 Å². The Hall–Kier alpha value is -1.58. The Bertz CT molecular complexity index is 473. The van der Waals surface area contributed by atoms with Crippen LogP contribution < -0.4 is 4.72 Å². The third-order valence-electron chi connectivity index (χ3n) is 1.61. The van der Waals surface area contributed by atoms with Crippen LogP contribution in [0.4, 0.5) is 4.39 Å². The van der Waals surface area contributed by atoms with E-state index in [1.54, 1.807) is 0 Å². The summed E-state index contributed by atoms with van der Waals surface area (Å²) in [5, 5.41) is 0. The average molecular weight is 227 g/mol. The Labute approximate surface area is 88.0 Å². The van der Waals surface area contributed by atoms with Crippen molar-refractivity contribution >= 4 is 10.0 Å². The van der Waals surface area contributed by atoms with Gasteiger partial charge >= 0.3 is 0 Å². The highest BCUT2D eigenvalue weighted by Crippen LogP contribution is 2.06. The van der Waals surface area contributed by atoms with E-state index in [1.165, 1.54) is 24.3 Å². The minimum atomic E-state index is -3.44. The van der Waals surface area contributed by atoms with Crippen LogP contribution in [0.2, 0.25) is 0 Å². The zero-order chi connectivity index (χ0) is 11.3. The number of benzene rings is 1. The SMILES string of the molecule is C=C=CNS(=O)(=O)Cc1ccc(F)cc1. The number of hydrogen-bond acceptors (Lipinski definition) is 2. The second-order valence-electron chi connectivity index (χ2n) is 2.85. The molecule has 3 nitrogen and oxygen atoms in total. The number of hydrogen-bond donors (Lipinski definition) is 1. The van der Waals surface area contributed by atoms with Gasteiger partial charge in [-0.15, -0.1) is 5.73 Å². The van der Waals surface area contributed by atoms with Crippen LogP contribution >= 0.6 is 0 Å². The molecule has 5 heteroatoms. The standard InChI is InChI=1S/C10H10FNO2S/c1-2-7-12-15(13,14)8-9-3-5-10(11)6-4-9/h3-7,12H,1,8H2. The molecule has 0 amide bonds. The minimum Gasteiger partial charge on any atom is -0.283 e. The number of rotatable bonds is 4. The summed E-state index contributed by atoms with van der Waals surface area (Å²) < 4.78 is 37.4. The van der Waals surface area contributed by atoms with Crippen molar-refractivity contribution in [1.29, 1.82) is 0 Å². The smallest absolute Gasteiger partial charge is 0.236 e. The number of sulfonamides is 1. The third kappa shape index (κ3) is 3.97. The molecule has 1 rings (SSSR count). The van der Waals surface area contributed by atoms with Gasteiger partial charge in [0, 0.05) is 0 Å². The first kappa shape index (κ1) is 11.5. The largest absolute Gasteiger partial charge is 0.283 e. The summed E-state index contributed by atoms with van der Waals surface area (Å²) in [6.07, 6.45) is 1.11. The van der Waals surface area contributed by atoms with Crippen LogP contribution in [0, 0.1) is 5.82 Å². The van der Waals surface area contributed by atoms with Gasteiger partial charge in [0.2, 0.25) is 10.0 Å². The summed E-state index contributed by atoms with van der Waals surface area (Å²) >= 11 is 0. The molecule has 0 bridgehead atoms. The molecule has 0 aliphatic carbocycles. The summed E-state index contributed by atoms with van der Waals surface area (Å²) in [7, 11) is -3.44. The molecule has 0 heterocycles. The fraction of sp³-hybridized carbons (Fsp3) is 0.100. The van der Waals surface area contributed by atoms with Crippen LogP contribution in [0.5, 0.6) is 0 Å². The van der Waals surface area contributed by atoms with Crippen molar-refractivity contribution in [2.75, 3.05) is 0 Å². The van der Waals surface area contributed by atoms with Gasteiger partial charge in [-0.2, -0.15) is 0 Å². The first-order valence-electron chi connectivity index (χ1n) is 4.12. The molecule has 0 radical (unpaired) electrons. The lowest BCUT2D eigenvalue weighted by molar-refractivity contribution is 0.589. The molecule has 15 heavy (non-hydrogen) atoms. The van der Waals surface area contributed by atoms with E-state index in [4.69, 9.17) is 0 Å². The molecule has 0 fully saturated rings. The number of halogens is 1. The predicted molar refractivity (Wildman–Crippen MR) is 55.9 cm³/mol. The highest BCUT2D eigenvalue weighted by molar-refractivity contribution is 7.88. The van der Waals surface area contributed by atoms with Gasteiger partial charge in [0.05, 0.1) is 12.0 Å². The van der Waals surface area contributed by atoms with E-state index in [-0.39, 0.29) is 5.75 Å². The quantitative estimate of drug-likeness (QED) is 0.793. The molecule has 1 aromatic carbocycles. The fourth-order valence-electron chi connectivity index (χ4n) is 0.973. The van der Waals surface area contributed by atoms with Gasteiger partial charge in [-0.25, -0.2) is 12.8 Å². The predicted octanol–water partition coefficient (Wildman–Crippen LogP) is 1.54. The summed E-state index contributed by atoms with van der Waals surface area (Å²) in [4.78, 5) is 0. The highest BCUT2D eigenvalue weighted by atomic mass is 32.2. The van der Waals surface area contributed by atoms with Crippen LogP contribution in [-0.4, -0.2) is 8.42 Å². The van der Waals surface area contributed by atoms with E-state index in [1.807, 2.05) is 0 Å². The Balaban J connectivity index is 2.77. The molecular weight excluding hydrogens is 217 g/mol. The van der Waals surface area contributed by atoms with E-state index in [0.717, 1.165) is 6.20 Å². The summed E-state index contributed by atoms with van der Waals surface area (Å²) in [5.41, 5.74) is 2.81. The molecule has 0 saturated carbocycles. The first-order chi connectivity index (χ1) is 7.03. The van der Waals surface area contributed by atoms with Crippen LogP contribution in [0.15, 0.2) is 42.8 Å². The van der Waals surface area contributed by atoms with Gasteiger partial charge in [0.25, 0.3) is 0 Å². The van der Waals surface area contributed by atoms with Crippen molar-refractivity contribution in [2.45, 2.75) is 5.75 Å². The highest BCUT2D eigenvalue weighted by Gasteiger charge is 2.08. The third-order valence-corrected chi connectivity index (χ3v) is 2.80. The molecule has 1 N–H and O–H groups in total. The van der Waals surface area contributed by atoms with Crippen molar-refractivity contribution in [3.8, 4) is 0 Å². The maximum Gasteiger partial charge on any atom is 0.236 e. The van der Waals surface area contributed by atoms with Gasteiger partial charge in [-0.3, -0.25) is 4.72 Å². The van der Waals surface area contributed by atoms with E-state index in [2.05, 4.69) is 17.0 Å². The molecule has 0 spiro atoms. The Morgan fingerprint density at radius 2 is 2.00 bits per heavy atom. The normalized spacial score (nSPS) is 10.5. The summed E-state index contributed by atoms with van der Waals surface area (Å²) in [6.45, 7) is 3.23. The minimum absolute atomic E-state index is 0.203. The first-order valence-corrected chi connectivity index (χ1v) is 5.77. The van der Waals surface area contributed by atoms with Crippen LogP contribution in [0.25, 0.3) is 0 Å². The second kappa shape index (κ2) is 4.77. The molecule has 1 aromatic rings. The molecular formula is C10H10FNO2S. The molecule has 0 aliphatic rings. The molecule has 0 aliphatic heterocycles. The monoisotopic (exact) mass is 227 g/mol. The second-order valence-corrected chi connectivity index (χ2v) is 4.61. The lowest BCUT2D eigenvalue weighted by Crippen LogP contribution is -2.19. The van der Waals surface area contributed by atoms with Crippen molar-refractivity contribution in [3.05, 3.63) is 54.2 Å². The lowest BCUT2D eigenvalue weighted by Gasteiger charge is -2.02. The van der Waals surface area contributed by atoms with E-state index in [0.29, 0.717) is 5.56 Å².